The van der Waals surface area contributed by atoms with Crippen LogP contribution in [0.4, 0.5) is 0 Å². The highest BCUT2D eigenvalue weighted by Gasteiger charge is 2.22. The first-order chi connectivity index (χ1) is 8.52. The van der Waals surface area contributed by atoms with Crippen molar-refractivity contribution in [2.45, 2.75) is 13.8 Å². The van der Waals surface area contributed by atoms with Crippen LogP contribution in [0, 0.1) is 13.8 Å². The van der Waals surface area contributed by atoms with E-state index in [0.717, 1.165) is 5.69 Å². The van der Waals surface area contributed by atoms with Crippen LogP contribution in [0.5, 0.6) is 0 Å². The molecule has 5 heteroatoms. The lowest BCUT2D eigenvalue weighted by Crippen LogP contribution is -2.24. The predicted molar refractivity (Wildman–Crippen MR) is 66.6 cm³/mol. The normalized spacial score (nSPS) is 10.3. The second-order valence-electron chi connectivity index (χ2n) is 3.99. The molecule has 0 aliphatic heterocycles. The van der Waals surface area contributed by atoms with Gasteiger partial charge in [0.15, 0.2) is 0 Å². The van der Waals surface area contributed by atoms with Crippen LogP contribution in [0.3, 0.4) is 0 Å². The van der Waals surface area contributed by atoms with E-state index in [2.05, 4.69) is 5.10 Å². The van der Waals surface area contributed by atoms with Gasteiger partial charge in [-0.3, -0.25) is 9.59 Å². The molecule has 92 valence electrons. The number of hydrogen-bond donors (Lipinski definition) is 1. The molecule has 2 N–H and O–H groups in total. The van der Waals surface area contributed by atoms with Gasteiger partial charge in [0, 0.05) is 0 Å². The maximum Gasteiger partial charge on any atom is 0.289 e. The van der Waals surface area contributed by atoms with E-state index in [1.165, 1.54) is 0 Å². The molecule has 18 heavy (non-hydrogen) atoms. The number of Topliss-reactive ketones (excluding diaryl/α,β-unsaturated/α-hetero) is 1. The second kappa shape index (κ2) is 4.44. The number of aromatic nitrogens is 2. The van der Waals surface area contributed by atoms with Crippen LogP contribution in [0.25, 0.3) is 5.69 Å². The van der Waals surface area contributed by atoms with E-state index in [0.29, 0.717) is 11.4 Å². The molecule has 2 rings (SSSR count). The zero-order valence-electron chi connectivity index (χ0n) is 10.2. The number of para-hydroxylation sites is 1. The third-order valence-corrected chi connectivity index (χ3v) is 2.74. The largest absolute Gasteiger partial charge is 0.363 e. The Bertz CT molecular complexity index is 615. The number of nitrogens with two attached hydrogens (primary N) is 1. The number of carbonyl (C=O) groups is 2. The molecule has 0 radical (unpaired) electrons. The molecular weight excluding hydrogens is 230 g/mol. The van der Waals surface area contributed by atoms with Gasteiger partial charge in [-0.05, 0) is 26.0 Å². The number of aryl methyl sites for hydroxylation is 1. The predicted octanol–water partition coefficient (Wildman–Crippen LogP) is 1.16. The maximum atomic E-state index is 11.7. The van der Waals surface area contributed by atoms with E-state index in [1.807, 2.05) is 30.3 Å². The molecule has 0 bridgehead atoms. The van der Waals surface area contributed by atoms with Crippen LogP contribution < -0.4 is 5.73 Å². The van der Waals surface area contributed by atoms with Crippen molar-refractivity contribution in [3.63, 3.8) is 0 Å². The first-order valence-electron chi connectivity index (χ1n) is 5.48. The fourth-order valence-corrected chi connectivity index (χ4v) is 1.92. The first-order valence-corrected chi connectivity index (χ1v) is 5.48. The summed E-state index contributed by atoms with van der Waals surface area (Å²) in [5.74, 6) is -1.67. The number of amides is 1. The minimum Gasteiger partial charge on any atom is -0.363 e. The number of ketones is 1. The molecule has 0 aliphatic rings. The molecule has 5 nitrogen and oxygen atoms in total. The summed E-state index contributed by atoms with van der Waals surface area (Å²) in [6, 6.07) is 9.39. The lowest BCUT2D eigenvalue weighted by molar-refractivity contribution is -0.114. The Morgan fingerprint density at radius 1 is 1.17 bits per heavy atom. The average Bonchev–Trinajstić information content (AvgIpc) is 2.65. The highest BCUT2D eigenvalue weighted by atomic mass is 16.2. The van der Waals surface area contributed by atoms with Gasteiger partial charge in [0.05, 0.1) is 22.6 Å². The van der Waals surface area contributed by atoms with Crippen LogP contribution in [-0.4, -0.2) is 21.5 Å². The van der Waals surface area contributed by atoms with E-state index < -0.39 is 11.7 Å². The first kappa shape index (κ1) is 12.0. The molecule has 0 saturated carbocycles. The molecule has 0 atom stereocenters. The van der Waals surface area contributed by atoms with Gasteiger partial charge in [0.25, 0.3) is 11.7 Å². The van der Waals surface area contributed by atoms with Crippen molar-refractivity contribution >= 4 is 11.7 Å². The molecule has 1 aromatic carbocycles. The van der Waals surface area contributed by atoms with Crippen molar-refractivity contribution < 1.29 is 9.59 Å². The number of benzene rings is 1. The minimum atomic E-state index is -0.964. The van der Waals surface area contributed by atoms with Crippen molar-refractivity contribution in [1.82, 2.24) is 9.78 Å². The van der Waals surface area contributed by atoms with Crippen LogP contribution in [0.2, 0.25) is 0 Å². The minimum absolute atomic E-state index is 0.284. The van der Waals surface area contributed by atoms with Gasteiger partial charge in [-0.25, -0.2) is 4.68 Å². The molecule has 0 fully saturated rings. The third-order valence-electron chi connectivity index (χ3n) is 2.74. The maximum absolute atomic E-state index is 11.7. The second-order valence-corrected chi connectivity index (χ2v) is 3.99. The van der Waals surface area contributed by atoms with E-state index >= 15 is 0 Å². The summed E-state index contributed by atoms with van der Waals surface area (Å²) in [5.41, 5.74) is 7.26. The van der Waals surface area contributed by atoms with Gasteiger partial charge in [-0.1, -0.05) is 18.2 Å². The van der Waals surface area contributed by atoms with Gasteiger partial charge in [-0.2, -0.15) is 5.10 Å². The van der Waals surface area contributed by atoms with Gasteiger partial charge >= 0.3 is 0 Å². The summed E-state index contributed by atoms with van der Waals surface area (Å²) in [6.45, 7) is 3.42. The molecule has 0 saturated heterocycles. The number of carbonyl (C=O) groups excluding carboxylic acids is 2. The van der Waals surface area contributed by atoms with Crippen LogP contribution in [-0.2, 0) is 4.79 Å². The van der Waals surface area contributed by atoms with E-state index in [4.69, 9.17) is 5.73 Å². The summed E-state index contributed by atoms with van der Waals surface area (Å²) >= 11 is 0. The summed E-state index contributed by atoms with van der Waals surface area (Å²) in [7, 11) is 0. The SMILES string of the molecule is Cc1nn(-c2ccccc2)c(C)c1C(=O)C(N)=O. The number of hydrogen-bond acceptors (Lipinski definition) is 3. The Kier molecular flexibility index (Phi) is 2.97. The molecule has 0 unspecified atom stereocenters. The Morgan fingerprint density at radius 3 is 2.33 bits per heavy atom. The highest BCUT2D eigenvalue weighted by Crippen LogP contribution is 2.18. The fraction of sp³-hybridized carbons (Fsp3) is 0.154. The van der Waals surface area contributed by atoms with Crippen molar-refractivity contribution in [1.29, 1.82) is 0 Å². The highest BCUT2D eigenvalue weighted by molar-refractivity contribution is 6.42. The van der Waals surface area contributed by atoms with Crippen molar-refractivity contribution in [3.8, 4) is 5.69 Å². The fourth-order valence-electron chi connectivity index (χ4n) is 1.92. The van der Waals surface area contributed by atoms with E-state index in [9.17, 15) is 9.59 Å². The van der Waals surface area contributed by atoms with E-state index in [-0.39, 0.29) is 5.56 Å². The molecule has 1 amide bonds. The summed E-state index contributed by atoms with van der Waals surface area (Å²) in [5, 5.41) is 4.27. The summed E-state index contributed by atoms with van der Waals surface area (Å²) < 4.78 is 1.63. The van der Waals surface area contributed by atoms with Crippen LogP contribution >= 0.6 is 0 Å². The van der Waals surface area contributed by atoms with E-state index in [1.54, 1.807) is 18.5 Å². The van der Waals surface area contributed by atoms with Gasteiger partial charge in [-0.15, -0.1) is 0 Å². The van der Waals surface area contributed by atoms with Crippen molar-refractivity contribution in [2.24, 2.45) is 5.73 Å². The molecule has 1 heterocycles. The number of primary amides is 1. The number of nitrogens with zero attached hydrogens (tertiary/aromatic N) is 2. The topological polar surface area (TPSA) is 78.0 Å². The molecule has 1 aromatic heterocycles. The Labute approximate surface area is 104 Å². The zero-order valence-corrected chi connectivity index (χ0v) is 10.2. The zero-order chi connectivity index (χ0) is 13.3. The lowest BCUT2D eigenvalue weighted by Gasteiger charge is -2.03. The van der Waals surface area contributed by atoms with Gasteiger partial charge in [0.1, 0.15) is 0 Å². The third kappa shape index (κ3) is 1.90. The van der Waals surface area contributed by atoms with Gasteiger partial charge < -0.3 is 5.73 Å². The smallest absolute Gasteiger partial charge is 0.289 e. The monoisotopic (exact) mass is 243 g/mol. The lowest BCUT2D eigenvalue weighted by atomic mass is 10.1. The van der Waals surface area contributed by atoms with Crippen LogP contribution in [0.1, 0.15) is 21.7 Å². The quantitative estimate of drug-likeness (QED) is 0.649. The Balaban J connectivity index is 2.58. The van der Waals surface area contributed by atoms with Crippen LogP contribution in [0.15, 0.2) is 30.3 Å². The van der Waals surface area contributed by atoms with Gasteiger partial charge in [0.2, 0.25) is 0 Å². The molecular formula is C13H13N3O2. The Morgan fingerprint density at radius 2 is 1.78 bits per heavy atom. The van der Waals surface area contributed by atoms with Crippen molar-refractivity contribution in [2.75, 3.05) is 0 Å². The Hall–Kier alpha value is -2.43. The number of rotatable bonds is 3. The standard InChI is InChI=1S/C13H13N3O2/c1-8-11(12(17)13(14)18)9(2)16(15-8)10-6-4-3-5-7-10/h3-7H,1-2H3,(H2,14,18). The average molecular weight is 243 g/mol. The van der Waals surface area contributed by atoms with Crippen molar-refractivity contribution in [3.05, 3.63) is 47.3 Å². The molecule has 0 aliphatic carbocycles. The summed E-state index contributed by atoms with van der Waals surface area (Å²) in [4.78, 5) is 22.7. The summed E-state index contributed by atoms with van der Waals surface area (Å²) in [6.07, 6.45) is 0. The molecule has 0 spiro atoms. The molecule has 2 aromatic rings.